The van der Waals surface area contributed by atoms with Crippen LogP contribution in [0.5, 0.6) is 11.5 Å². The third kappa shape index (κ3) is 5.49. The topological polar surface area (TPSA) is 67.9 Å². The minimum absolute atomic E-state index is 0.1000. The Morgan fingerprint density at radius 1 is 1.06 bits per heavy atom. The van der Waals surface area contributed by atoms with E-state index < -0.39 is 17.6 Å². The predicted molar refractivity (Wildman–Crippen MR) is 139 cm³/mol. The molecule has 178 valence electrons. The number of nitrogens with one attached hydrogen (secondary N) is 1. The highest BCUT2D eigenvalue weighted by Gasteiger charge is 2.34. The molecule has 1 N–H and O–H groups in total. The summed E-state index contributed by atoms with van der Waals surface area (Å²) in [6, 6.07) is 14.6. The maximum atomic E-state index is 13.5. The molecule has 10 heteroatoms. The van der Waals surface area contributed by atoms with Crippen molar-refractivity contribution >= 4 is 63.5 Å². The number of amides is 2. The first-order valence-corrected chi connectivity index (χ1v) is 11.7. The lowest BCUT2D eigenvalue weighted by Crippen LogP contribution is -2.54. The SMILES string of the molecule is COc1cc(/C=C2/C(=O)NC(=S)N(c3ccc(F)cc3)C2=O)cc(I)c1OCc1cccc(F)c1. The zero-order chi connectivity index (χ0) is 25.1. The largest absolute Gasteiger partial charge is 0.493 e. The maximum Gasteiger partial charge on any atom is 0.270 e. The number of halogens is 3. The van der Waals surface area contributed by atoms with Gasteiger partial charge in [-0.3, -0.25) is 19.8 Å². The van der Waals surface area contributed by atoms with Gasteiger partial charge in [-0.25, -0.2) is 8.78 Å². The van der Waals surface area contributed by atoms with E-state index in [1.807, 2.05) is 22.6 Å². The minimum atomic E-state index is -0.654. The molecular weight excluding hydrogens is 589 g/mol. The number of thiocarbonyl (C=S) groups is 1. The summed E-state index contributed by atoms with van der Waals surface area (Å²) in [6.45, 7) is 0.121. The van der Waals surface area contributed by atoms with E-state index in [2.05, 4.69) is 5.32 Å². The van der Waals surface area contributed by atoms with Gasteiger partial charge in [-0.15, -0.1) is 0 Å². The summed E-state index contributed by atoms with van der Waals surface area (Å²) >= 11 is 7.21. The summed E-state index contributed by atoms with van der Waals surface area (Å²) in [5.74, 6) is -1.32. The number of hydrogen-bond acceptors (Lipinski definition) is 5. The Bertz CT molecular complexity index is 1360. The number of hydrogen-bond donors (Lipinski definition) is 1. The molecule has 35 heavy (non-hydrogen) atoms. The Kier molecular flexibility index (Phi) is 7.41. The zero-order valence-corrected chi connectivity index (χ0v) is 21.2. The Balaban J connectivity index is 1.64. The Hall–Kier alpha value is -3.38. The number of ether oxygens (including phenoxy) is 2. The second-order valence-electron chi connectivity index (χ2n) is 7.39. The van der Waals surface area contributed by atoms with Crippen molar-refractivity contribution in [2.75, 3.05) is 12.0 Å². The smallest absolute Gasteiger partial charge is 0.270 e. The molecule has 1 aliphatic heterocycles. The standard InChI is InChI=1S/C25H17F2IN2O4S/c1-33-21-12-15(11-20(28)22(21)34-13-14-3-2-4-17(27)9-14)10-19-23(31)29-25(35)30(24(19)32)18-7-5-16(26)6-8-18/h2-12H,13H2,1H3,(H,29,31,35)/b19-10-. The summed E-state index contributed by atoms with van der Waals surface area (Å²) in [4.78, 5) is 26.9. The van der Waals surface area contributed by atoms with Crippen LogP contribution in [0.1, 0.15) is 11.1 Å². The molecule has 0 atom stereocenters. The lowest BCUT2D eigenvalue weighted by Gasteiger charge is -2.29. The van der Waals surface area contributed by atoms with E-state index in [1.165, 1.54) is 49.6 Å². The van der Waals surface area contributed by atoms with Gasteiger partial charge in [-0.2, -0.15) is 0 Å². The molecule has 0 saturated carbocycles. The number of anilines is 1. The van der Waals surface area contributed by atoms with Crippen LogP contribution in [0.2, 0.25) is 0 Å². The quantitative estimate of drug-likeness (QED) is 0.186. The Morgan fingerprint density at radius 3 is 2.49 bits per heavy atom. The van der Waals surface area contributed by atoms with Crippen molar-refractivity contribution in [3.63, 3.8) is 0 Å². The number of carbonyl (C=O) groups excluding carboxylic acids is 2. The highest BCUT2D eigenvalue weighted by molar-refractivity contribution is 14.1. The van der Waals surface area contributed by atoms with E-state index in [9.17, 15) is 18.4 Å². The van der Waals surface area contributed by atoms with Gasteiger partial charge in [0.2, 0.25) is 0 Å². The highest BCUT2D eigenvalue weighted by Crippen LogP contribution is 2.35. The van der Waals surface area contributed by atoms with E-state index in [0.717, 1.165) is 4.90 Å². The Morgan fingerprint density at radius 2 is 1.80 bits per heavy atom. The van der Waals surface area contributed by atoms with E-state index in [1.54, 1.807) is 24.3 Å². The van der Waals surface area contributed by atoms with Crippen molar-refractivity contribution in [1.82, 2.24) is 5.32 Å². The van der Waals surface area contributed by atoms with Crippen LogP contribution < -0.4 is 19.7 Å². The molecule has 3 aromatic rings. The van der Waals surface area contributed by atoms with Crippen LogP contribution in [0, 0.1) is 15.2 Å². The molecule has 3 aromatic carbocycles. The fourth-order valence-electron chi connectivity index (χ4n) is 3.39. The monoisotopic (exact) mass is 606 g/mol. The Labute approximate surface area is 218 Å². The summed E-state index contributed by atoms with van der Waals surface area (Å²) in [5.41, 5.74) is 1.32. The number of nitrogens with zero attached hydrogens (tertiary/aromatic N) is 1. The highest BCUT2D eigenvalue weighted by atomic mass is 127. The fourth-order valence-corrected chi connectivity index (χ4v) is 4.46. The molecule has 0 radical (unpaired) electrons. The first-order chi connectivity index (χ1) is 16.8. The van der Waals surface area contributed by atoms with Crippen molar-refractivity contribution in [2.24, 2.45) is 0 Å². The van der Waals surface area contributed by atoms with E-state index in [4.69, 9.17) is 21.7 Å². The van der Waals surface area contributed by atoms with Crippen LogP contribution in [-0.4, -0.2) is 24.0 Å². The van der Waals surface area contributed by atoms with Crippen LogP contribution in [0.25, 0.3) is 6.08 Å². The lowest BCUT2D eigenvalue weighted by atomic mass is 10.1. The average Bonchev–Trinajstić information content (AvgIpc) is 2.82. The zero-order valence-electron chi connectivity index (χ0n) is 18.2. The third-order valence-corrected chi connectivity index (χ3v) is 6.11. The van der Waals surface area contributed by atoms with E-state index in [-0.39, 0.29) is 23.1 Å². The molecule has 1 heterocycles. The molecule has 0 spiro atoms. The van der Waals surface area contributed by atoms with Crippen molar-refractivity contribution in [1.29, 1.82) is 0 Å². The summed E-state index contributed by atoms with van der Waals surface area (Å²) in [5, 5.41) is 2.39. The molecule has 4 rings (SSSR count). The molecule has 6 nitrogen and oxygen atoms in total. The normalized spacial score (nSPS) is 14.8. The van der Waals surface area contributed by atoms with E-state index >= 15 is 0 Å². The van der Waals surface area contributed by atoms with Crippen LogP contribution >= 0.6 is 34.8 Å². The van der Waals surface area contributed by atoms with Gasteiger partial charge in [0.05, 0.1) is 16.4 Å². The van der Waals surface area contributed by atoms with Gasteiger partial charge in [0, 0.05) is 0 Å². The minimum Gasteiger partial charge on any atom is -0.493 e. The molecule has 1 saturated heterocycles. The van der Waals surface area contributed by atoms with Gasteiger partial charge in [0.25, 0.3) is 11.8 Å². The molecule has 2 amide bonds. The predicted octanol–water partition coefficient (Wildman–Crippen LogP) is 4.99. The third-order valence-electron chi connectivity index (χ3n) is 5.02. The molecule has 0 aromatic heterocycles. The molecule has 1 fully saturated rings. The second-order valence-corrected chi connectivity index (χ2v) is 8.94. The number of benzene rings is 3. The van der Waals surface area contributed by atoms with Crippen LogP contribution in [0.15, 0.2) is 66.2 Å². The molecule has 1 aliphatic rings. The van der Waals surface area contributed by atoms with Crippen LogP contribution in [0.4, 0.5) is 14.5 Å². The summed E-state index contributed by atoms with van der Waals surface area (Å²) < 4.78 is 38.8. The van der Waals surface area contributed by atoms with Crippen molar-refractivity contribution in [2.45, 2.75) is 6.61 Å². The number of rotatable bonds is 6. The second kappa shape index (κ2) is 10.5. The van der Waals surface area contributed by atoms with Gasteiger partial charge in [-0.1, -0.05) is 12.1 Å². The molecule has 0 bridgehead atoms. The molecule has 0 aliphatic carbocycles. The van der Waals surface area contributed by atoms with Gasteiger partial charge in [0.1, 0.15) is 23.8 Å². The van der Waals surface area contributed by atoms with Crippen molar-refractivity contribution in [3.8, 4) is 11.5 Å². The van der Waals surface area contributed by atoms with Gasteiger partial charge in [-0.05, 0) is 101 Å². The molecular formula is C25H17F2IN2O4S. The van der Waals surface area contributed by atoms with Crippen LogP contribution in [-0.2, 0) is 16.2 Å². The number of carbonyl (C=O) groups is 2. The van der Waals surface area contributed by atoms with Crippen molar-refractivity contribution in [3.05, 3.63) is 92.6 Å². The maximum absolute atomic E-state index is 13.5. The first-order valence-electron chi connectivity index (χ1n) is 10.2. The average molecular weight is 606 g/mol. The first kappa shape index (κ1) is 24.7. The lowest BCUT2D eigenvalue weighted by molar-refractivity contribution is -0.122. The fraction of sp³-hybridized carbons (Fsp3) is 0.0800. The van der Waals surface area contributed by atoms with Crippen LogP contribution in [0.3, 0.4) is 0 Å². The van der Waals surface area contributed by atoms with Gasteiger partial charge >= 0.3 is 0 Å². The summed E-state index contributed by atoms with van der Waals surface area (Å²) in [6.07, 6.45) is 1.41. The molecule has 0 unspecified atom stereocenters. The van der Waals surface area contributed by atoms with Gasteiger partial charge in [0.15, 0.2) is 16.6 Å². The van der Waals surface area contributed by atoms with Gasteiger partial charge < -0.3 is 9.47 Å². The number of methoxy groups -OCH3 is 1. The van der Waals surface area contributed by atoms with E-state index in [0.29, 0.717) is 31.9 Å². The van der Waals surface area contributed by atoms with Crippen molar-refractivity contribution < 1.29 is 27.8 Å². The summed E-state index contributed by atoms with van der Waals surface area (Å²) in [7, 11) is 1.46.